The lowest BCUT2D eigenvalue weighted by molar-refractivity contribution is 0.253. The zero-order valence-corrected chi connectivity index (χ0v) is 11.3. The first-order valence-electron chi connectivity index (χ1n) is 6.93. The molecule has 2 aromatic rings. The monoisotopic (exact) mass is 243 g/mol. The zero-order chi connectivity index (χ0) is 12.5. The number of aromatic nitrogens is 2. The third kappa shape index (κ3) is 1.93. The van der Waals surface area contributed by atoms with Crippen LogP contribution in [-0.4, -0.2) is 34.8 Å². The number of hydrogen-bond donors (Lipinski definition) is 0. The number of hydrogen-bond acceptors (Lipinski definition) is 2. The Morgan fingerprint density at radius 3 is 2.67 bits per heavy atom. The van der Waals surface area contributed by atoms with Crippen LogP contribution in [0.4, 0.5) is 0 Å². The lowest BCUT2D eigenvalue weighted by atomic mass is 9.92. The summed E-state index contributed by atoms with van der Waals surface area (Å²) in [5, 5.41) is 6.21. The molecule has 3 nitrogen and oxygen atoms in total. The first-order chi connectivity index (χ1) is 8.79. The average Bonchev–Trinajstić information content (AvgIpc) is 2.79. The van der Waals surface area contributed by atoms with Gasteiger partial charge in [0.15, 0.2) is 0 Å². The van der Waals surface area contributed by atoms with Crippen LogP contribution in [-0.2, 0) is 6.54 Å². The topological polar surface area (TPSA) is 21.1 Å². The quantitative estimate of drug-likeness (QED) is 0.808. The van der Waals surface area contributed by atoms with Crippen molar-refractivity contribution in [2.75, 3.05) is 20.1 Å². The SMILES string of the molecule is CCn1nc(C2CCN(C)CC2)c2ccccc21. The van der Waals surface area contributed by atoms with Gasteiger partial charge < -0.3 is 4.90 Å². The van der Waals surface area contributed by atoms with Gasteiger partial charge in [-0.15, -0.1) is 0 Å². The van der Waals surface area contributed by atoms with Gasteiger partial charge in [-0.2, -0.15) is 5.10 Å². The maximum absolute atomic E-state index is 4.85. The van der Waals surface area contributed by atoms with Gasteiger partial charge in [0.1, 0.15) is 0 Å². The van der Waals surface area contributed by atoms with Gasteiger partial charge in [0.25, 0.3) is 0 Å². The lowest BCUT2D eigenvalue weighted by Gasteiger charge is -2.28. The van der Waals surface area contributed by atoms with Crippen molar-refractivity contribution < 1.29 is 0 Å². The highest BCUT2D eigenvalue weighted by Gasteiger charge is 2.23. The first kappa shape index (κ1) is 11.7. The molecule has 1 saturated heterocycles. The van der Waals surface area contributed by atoms with E-state index in [1.807, 2.05) is 0 Å². The lowest BCUT2D eigenvalue weighted by Crippen LogP contribution is -2.29. The highest BCUT2D eigenvalue weighted by molar-refractivity contribution is 5.82. The summed E-state index contributed by atoms with van der Waals surface area (Å²) in [6.45, 7) is 5.50. The molecule has 1 fully saturated rings. The summed E-state index contributed by atoms with van der Waals surface area (Å²) < 4.78 is 2.14. The minimum atomic E-state index is 0.638. The summed E-state index contributed by atoms with van der Waals surface area (Å²) in [6.07, 6.45) is 2.47. The summed E-state index contributed by atoms with van der Waals surface area (Å²) >= 11 is 0. The second-order valence-electron chi connectivity index (χ2n) is 5.30. The molecule has 3 heteroatoms. The van der Waals surface area contributed by atoms with E-state index in [0.29, 0.717) is 5.92 Å². The Kier molecular flexibility index (Phi) is 3.08. The molecule has 1 aliphatic heterocycles. The van der Waals surface area contributed by atoms with Gasteiger partial charge in [0.2, 0.25) is 0 Å². The summed E-state index contributed by atoms with van der Waals surface area (Å²) in [5.74, 6) is 0.638. The van der Waals surface area contributed by atoms with E-state index in [4.69, 9.17) is 5.10 Å². The molecule has 0 radical (unpaired) electrons. The van der Waals surface area contributed by atoms with E-state index in [0.717, 1.165) is 6.54 Å². The van der Waals surface area contributed by atoms with Crippen LogP contribution >= 0.6 is 0 Å². The molecule has 0 N–H and O–H groups in total. The predicted octanol–water partition coefficient (Wildman–Crippen LogP) is 2.87. The number of benzene rings is 1. The number of rotatable bonds is 2. The van der Waals surface area contributed by atoms with Gasteiger partial charge in [0.05, 0.1) is 11.2 Å². The van der Waals surface area contributed by atoms with Crippen molar-refractivity contribution in [1.82, 2.24) is 14.7 Å². The fourth-order valence-electron chi connectivity index (χ4n) is 2.98. The van der Waals surface area contributed by atoms with Gasteiger partial charge in [-0.25, -0.2) is 0 Å². The Hall–Kier alpha value is -1.35. The number of fused-ring (bicyclic) bond motifs is 1. The smallest absolute Gasteiger partial charge is 0.0735 e. The highest BCUT2D eigenvalue weighted by Crippen LogP contribution is 2.31. The Bertz CT molecular complexity index is 536. The molecule has 1 aliphatic rings. The zero-order valence-electron chi connectivity index (χ0n) is 11.3. The number of likely N-dealkylation sites (tertiary alicyclic amines) is 1. The van der Waals surface area contributed by atoms with Crippen LogP contribution in [0.3, 0.4) is 0 Å². The van der Waals surface area contributed by atoms with Gasteiger partial charge >= 0.3 is 0 Å². The maximum atomic E-state index is 4.85. The van der Waals surface area contributed by atoms with E-state index in [9.17, 15) is 0 Å². The molecule has 0 aliphatic carbocycles. The Morgan fingerprint density at radius 2 is 1.94 bits per heavy atom. The van der Waals surface area contributed by atoms with Gasteiger partial charge in [-0.05, 0) is 46.0 Å². The van der Waals surface area contributed by atoms with Crippen LogP contribution in [0.15, 0.2) is 24.3 Å². The fraction of sp³-hybridized carbons (Fsp3) is 0.533. The van der Waals surface area contributed by atoms with Crippen LogP contribution in [0.5, 0.6) is 0 Å². The third-order valence-electron chi connectivity index (χ3n) is 4.09. The molecule has 1 aromatic carbocycles. The summed E-state index contributed by atoms with van der Waals surface area (Å²) in [7, 11) is 2.21. The van der Waals surface area contributed by atoms with Crippen LogP contribution < -0.4 is 0 Å². The fourth-order valence-corrected chi connectivity index (χ4v) is 2.98. The van der Waals surface area contributed by atoms with Crippen LogP contribution in [0.1, 0.15) is 31.4 Å². The molecule has 0 saturated carbocycles. The van der Waals surface area contributed by atoms with E-state index in [2.05, 4.69) is 47.8 Å². The van der Waals surface area contributed by atoms with Gasteiger partial charge in [0, 0.05) is 17.8 Å². The summed E-state index contributed by atoms with van der Waals surface area (Å²) in [5.41, 5.74) is 2.61. The van der Waals surface area contributed by atoms with Crippen molar-refractivity contribution in [3.8, 4) is 0 Å². The molecule has 0 unspecified atom stereocenters. The van der Waals surface area contributed by atoms with Crippen LogP contribution in [0.25, 0.3) is 10.9 Å². The maximum Gasteiger partial charge on any atom is 0.0735 e. The molecule has 0 atom stereocenters. The van der Waals surface area contributed by atoms with E-state index < -0.39 is 0 Å². The average molecular weight is 243 g/mol. The summed E-state index contributed by atoms with van der Waals surface area (Å²) in [6, 6.07) is 8.64. The van der Waals surface area contributed by atoms with Crippen molar-refractivity contribution in [1.29, 1.82) is 0 Å². The number of aryl methyl sites for hydroxylation is 1. The van der Waals surface area contributed by atoms with Crippen molar-refractivity contribution in [2.45, 2.75) is 32.2 Å². The highest BCUT2D eigenvalue weighted by atomic mass is 15.3. The molecule has 18 heavy (non-hydrogen) atoms. The first-order valence-corrected chi connectivity index (χ1v) is 6.93. The van der Waals surface area contributed by atoms with E-state index >= 15 is 0 Å². The largest absolute Gasteiger partial charge is 0.306 e. The molecule has 0 bridgehead atoms. The van der Waals surface area contributed by atoms with Gasteiger partial charge in [-0.3, -0.25) is 4.68 Å². The minimum Gasteiger partial charge on any atom is -0.306 e. The number of piperidine rings is 1. The van der Waals surface area contributed by atoms with Crippen molar-refractivity contribution >= 4 is 10.9 Å². The molecule has 96 valence electrons. The number of para-hydroxylation sites is 1. The molecule has 0 spiro atoms. The Morgan fingerprint density at radius 1 is 1.22 bits per heavy atom. The van der Waals surface area contributed by atoms with E-state index in [-0.39, 0.29) is 0 Å². The molecule has 2 heterocycles. The Balaban J connectivity index is 2.01. The summed E-state index contributed by atoms with van der Waals surface area (Å²) in [4.78, 5) is 2.41. The van der Waals surface area contributed by atoms with Crippen molar-refractivity contribution in [3.63, 3.8) is 0 Å². The standard InChI is InChI=1S/C15H21N3/c1-3-18-14-7-5-4-6-13(14)15(16-18)12-8-10-17(2)11-9-12/h4-7,12H,3,8-11H2,1-2H3. The van der Waals surface area contributed by atoms with E-state index in [1.54, 1.807) is 0 Å². The van der Waals surface area contributed by atoms with Crippen LogP contribution in [0.2, 0.25) is 0 Å². The molecule has 0 amide bonds. The van der Waals surface area contributed by atoms with Gasteiger partial charge in [-0.1, -0.05) is 18.2 Å². The second-order valence-corrected chi connectivity index (χ2v) is 5.30. The van der Waals surface area contributed by atoms with Crippen molar-refractivity contribution in [3.05, 3.63) is 30.0 Å². The second kappa shape index (κ2) is 4.73. The minimum absolute atomic E-state index is 0.638. The molecular formula is C15H21N3. The molecule has 1 aromatic heterocycles. The molecule has 3 rings (SSSR count). The third-order valence-corrected chi connectivity index (χ3v) is 4.09. The molecular weight excluding hydrogens is 222 g/mol. The Labute approximate surface area is 108 Å². The normalized spacial score (nSPS) is 18.6. The van der Waals surface area contributed by atoms with Crippen LogP contribution in [0, 0.1) is 0 Å². The number of nitrogens with zero attached hydrogens (tertiary/aromatic N) is 3. The predicted molar refractivity (Wildman–Crippen MR) is 74.9 cm³/mol. The van der Waals surface area contributed by atoms with E-state index in [1.165, 1.54) is 42.5 Å². The van der Waals surface area contributed by atoms with Crippen molar-refractivity contribution in [2.24, 2.45) is 0 Å².